The number of ether oxygens (including phenoxy) is 2. The summed E-state index contributed by atoms with van der Waals surface area (Å²) in [5.74, 6) is -1.19. The topological polar surface area (TPSA) is 97.4 Å². The van der Waals surface area contributed by atoms with E-state index in [2.05, 4.69) is 13.8 Å². The van der Waals surface area contributed by atoms with Gasteiger partial charge in [0.15, 0.2) is 0 Å². The molecule has 0 radical (unpaired) electrons. The molecule has 8 nitrogen and oxygen atoms in total. The summed E-state index contributed by atoms with van der Waals surface area (Å²) in [4.78, 5) is 21.7. The second kappa shape index (κ2) is 8.68. The molecule has 0 N–H and O–H groups in total. The normalized spacial score (nSPS) is 11.9. The first-order chi connectivity index (χ1) is 8.83. The average Bonchev–Trinajstić information content (AvgIpc) is 2.34. The summed E-state index contributed by atoms with van der Waals surface area (Å²) in [6, 6.07) is 0. The van der Waals surface area contributed by atoms with Crippen molar-refractivity contribution in [2.75, 3.05) is 27.4 Å². The van der Waals surface area contributed by atoms with Gasteiger partial charge in [-0.25, -0.2) is 9.36 Å². The van der Waals surface area contributed by atoms with Crippen molar-refractivity contribution in [2.45, 2.75) is 13.8 Å². The first-order valence-corrected chi connectivity index (χ1v) is 6.68. The van der Waals surface area contributed by atoms with Crippen molar-refractivity contribution in [3.05, 3.63) is 11.8 Å². The smallest absolute Gasteiger partial charge is 0.462 e. The van der Waals surface area contributed by atoms with Crippen LogP contribution in [-0.2, 0) is 37.2 Å². The fraction of sp³-hybridized carbons (Fsp3) is 0.600. The van der Waals surface area contributed by atoms with E-state index in [4.69, 9.17) is 9.26 Å². The van der Waals surface area contributed by atoms with Crippen molar-refractivity contribution in [2.24, 2.45) is 0 Å². The van der Waals surface area contributed by atoms with Crippen LogP contribution in [0, 0.1) is 0 Å². The summed E-state index contributed by atoms with van der Waals surface area (Å²) >= 11 is 0. The Morgan fingerprint density at radius 1 is 1.05 bits per heavy atom. The second-order valence-corrected chi connectivity index (χ2v) is 4.97. The number of phosphoric acid groups is 1. The highest BCUT2D eigenvalue weighted by molar-refractivity contribution is 7.48. The molecule has 0 atom stereocenters. The predicted octanol–water partition coefficient (Wildman–Crippen LogP) is 1.41. The minimum Gasteiger partial charge on any atom is -0.462 e. The van der Waals surface area contributed by atoms with Gasteiger partial charge in [-0.3, -0.25) is 13.8 Å². The Kier molecular flexibility index (Phi) is 8.06. The highest BCUT2D eigenvalue weighted by atomic mass is 31.2. The van der Waals surface area contributed by atoms with E-state index in [1.165, 1.54) is 13.8 Å². The van der Waals surface area contributed by atoms with E-state index in [9.17, 15) is 14.2 Å². The maximum absolute atomic E-state index is 11.6. The minimum absolute atomic E-state index is 0.00418. The number of phosphoric ester groups is 1. The maximum Gasteiger partial charge on any atom is 0.529 e. The highest BCUT2D eigenvalue weighted by Crippen LogP contribution is 2.49. The molecule has 0 saturated heterocycles. The Morgan fingerprint density at radius 2 is 1.58 bits per heavy atom. The van der Waals surface area contributed by atoms with Crippen LogP contribution in [0.2, 0.25) is 0 Å². The third-order valence-electron chi connectivity index (χ3n) is 1.66. The zero-order valence-corrected chi connectivity index (χ0v) is 12.1. The van der Waals surface area contributed by atoms with E-state index >= 15 is 0 Å². The van der Waals surface area contributed by atoms with Gasteiger partial charge in [-0.1, -0.05) is 0 Å². The summed E-state index contributed by atoms with van der Waals surface area (Å²) in [5, 5.41) is 0. The summed E-state index contributed by atoms with van der Waals surface area (Å²) in [5.41, 5.74) is 0. The lowest BCUT2D eigenvalue weighted by atomic mass is 10.5. The second-order valence-electron chi connectivity index (χ2n) is 3.17. The van der Waals surface area contributed by atoms with E-state index in [0.717, 1.165) is 20.3 Å². The summed E-state index contributed by atoms with van der Waals surface area (Å²) in [6.45, 7) is 2.50. The molecule has 0 aliphatic heterocycles. The molecule has 0 saturated carbocycles. The fourth-order valence-corrected chi connectivity index (χ4v) is 1.59. The van der Waals surface area contributed by atoms with E-state index in [1.54, 1.807) is 0 Å². The van der Waals surface area contributed by atoms with Gasteiger partial charge in [-0.2, -0.15) is 0 Å². The number of hydrogen-bond acceptors (Lipinski definition) is 8. The Morgan fingerprint density at radius 3 is 2.05 bits per heavy atom. The number of rotatable bonds is 8. The zero-order chi connectivity index (χ0) is 14.9. The van der Waals surface area contributed by atoms with Gasteiger partial charge in [0.1, 0.15) is 19.0 Å². The van der Waals surface area contributed by atoms with Crippen LogP contribution in [-0.4, -0.2) is 39.4 Å². The monoisotopic (exact) mass is 296 g/mol. The Balaban J connectivity index is 4.17. The lowest BCUT2D eigenvalue weighted by Crippen LogP contribution is -2.11. The summed E-state index contributed by atoms with van der Waals surface area (Å²) in [7, 11) is -1.39. The number of hydrogen-bond donors (Lipinski definition) is 0. The van der Waals surface area contributed by atoms with Crippen LogP contribution in [0.15, 0.2) is 11.8 Å². The molecule has 0 unspecified atom stereocenters. The van der Waals surface area contributed by atoms with Crippen molar-refractivity contribution in [1.29, 1.82) is 0 Å². The number of esters is 2. The highest BCUT2D eigenvalue weighted by Gasteiger charge is 2.24. The van der Waals surface area contributed by atoms with Gasteiger partial charge in [0.05, 0.1) is 6.08 Å². The quantitative estimate of drug-likeness (QED) is 0.218. The van der Waals surface area contributed by atoms with Gasteiger partial charge in [-0.05, 0) is 6.92 Å². The van der Waals surface area contributed by atoms with Crippen molar-refractivity contribution in [3.63, 3.8) is 0 Å². The van der Waals surface area contributed by atoms with E-state index in [-0.39, 0.29) is 19.0 Å². The third kappa shape index (κ3) is 8.36. The number of carbonyl (C=O) groups excluding carboxylic acids is 2. The molecule has 0 aliphatic carbocycles. The molecule has 0 aromatic carbocycles. The lowest BCUT2D eigenvalue weighted by molar-refractivity contribution is -0.148. The molecule has 0 fully saturated rings. The van der Waals surface area contributed by atoms with Crippen molar-refractivity contribution in [1.82, 2.24) is 0 Å². The van der Waals surface area contributed by atoms with E-state index in [1.807, 2.05) is 0 Å². The van der Waals surface area contributed by atoms with Crippen molar-refractivity contribution in [3.8, 4) is 0 Å². The van der Waals surface area contributed by atoms with Crippen molar-refractivity contribution >= 4 is 19.8 Å². The minimum atomic E-state index is -3.68. The number of allylic oxidation sites excluding steroid dienone is 1. The predicted molar refractivity (Wildman–Crippen MR) is 64.1 cm³/mol. The standard InChI is InChI=1S/C10H17O8P/c1-8(18-19(13,14-3)15-4)7-10(12)17-6-5-16-9(2)11/h7H,5-6H2,1-4H3/b8-7+. The van der Waals surface area contributed by atoms with Gasteiger partial charge >= 0.3 is 19.8 Å². The molecule has 0 amide bonds. The van der Waals surface area contributed by atoms with Crippen molar-refractivity contribution < 1.29 is 37.2 Å². The van der Waals surface area contributed by atoms with E-state index < -0.39 is 19.8 Å². The Bertz CT molecular complexity index is 381. The molecule has 19 heavy (non-hydrogen) atoms. The summed E-state index contributed by atoms with van der Waals surface area (Å²) in [6.07, 6.45) is 0.971. The first kappa shape index (κ1) is 17.6. The van der Waals surface area contributed by atoms with Gasteiger partial charge in [0, 0.05) is 21.1 Å². The van der Waals surface area contributed by atoms with Crippen LogP contribution >= 0.6 is 7.82 Å². The third-order valence-corrected chi connectivity index (χ3v) is 3.06. The SMILES string of the molecule is COP(=O)(OC)O/C(C)=C/C(=O)OCCOC(C)=O. The molecule has 0 spiro atoms. The van der Waals surface area contributed by atoms with Crippen LogP contribution in [0.1, 0.15) is 13.8 Å². The van der Waals surface area contributed by atoms with Gasteiger partial charge in [-0.15, -0.1) is 0 Å². The molecule has 0 aromatic rings. The molecular formula is C10H17O8P. The Labute approximate surface area is 111 Å². The van der Waals surface area contributed by atoms with Crippen LogP contribution < -0.4 is 0 Å². The van der Waals surface area contributed by atoms with Crippen LogP contribution in [0.5, 0.6) is 0 Å². The largest absolute Gasteiger partial charge is 0.529 e. The molecular weight excluding hydrogens is 279 g/mol. The molecule has 0 aromatic heterocycles. The number of carbonyl (C=O) groups is 2. The van der Waals surface area contributed by atoms with E-state index in [0.29, 0.717) is 0 Å². The lowest BCUT2D eigenvalue weighted by Gasteiger charge is -2.14. The molecule has 110 valence electrons. The van der Waals surface area contributed by atoms with Crippen LogP contribution in [0.4, 0.5) is 0 Å². The molecule has 0 heterocycles. The first-order valence-electron chi connectivity index (χ1n) is 5.22. The Hall–Kier alpha value is -1.37. The molecule has 0 aliphatic rings. The fourth-order valence-electron chi connectivity index (χ4n) is 0.887. The van der Waals surface area contributed by atoms with Crippen LogP contribution in [0.3, 0.4) is 0 Å². The van der Waals surface area contributed by atoms with Gasteiger partial charge in [0.2, 0.25) is 0 Å². The zero-order valence-electron chi connectivity index (χ0n) is 11.2. The average molecular weight is 296 g/mol. The molecule has 0 bridgehead atoms. The molecule has 0 rings (SSSR count). The van der Waals surface area contributed by atoms with Gasteiger partial charge < -0.3 is 14.0 Å². The van der Waals surface area contributed by atoms with Crippen LogP contribution in [0.25, 0.3) is 0 Å². The van der Waals surface area contributed by atoms with Gasteiger partial charge in [0.25, 0.3) is 0 Å². The molecule has 9 heteroatoms. The summed E-state index contributed by atoms with van der Waals surface area (Å²) < 4.78 is 34.7. The maximum atomic E-state index is 11.6.